The number of hydrogen-bond donors (Lipinski definition) is 1. The lowest BCUT2D eigenvalue weighted by molar-refractivity contribution is -0.137. The number of nitrogens with one attached hydrogen (secondary N) is 1. The lowest BCUT2D eigenvalue weighted by Gasteiger charge is -2.08. The minimum Gasteiger partial charge on any atom is -0.343 e. The molecular weight excluding hydrogens is 255 g/mol. The highest BCUT2D eigenvalue weighted by Gasteiger charge is 2.30. The average molecular weight is 263 g/mol. The van der Waals surface area contributed by atoms with Crippen LogP contribution in [0.4, 0.5) is 13.2 Å². The number of nitrogens with zero attached hydrogens (tertiary/aromatic N) is 2. The molecule has 0 aliphatic rings. The molecule has 0 radical (unpaired) electrons. The van der Waals surface area contributed by atoms with Crippen LogP contribution in [0.25, 0.3) is 22.3 Å². The maximum Gasteiger partial charge on any atom is 0.416 e. The maximum absolute atomic E-state index is 12.5. The van der Waals surface area contributed by atoms with Gasteiger partial charge in [-0.05, 0) is 23.8 Å². The van der Waals surface area contributed by atoms with Gasteiger partial charge >= 0.3 is 6.18 Å². The van der Waals surface area contributed by atoms with Gasteiger partial charge in [-0.15, -0.1) is 0 Å². The molecule has 3 nitrogen and oxygen atoms in total. The topological polar surface area (TPSA) is 41.6 Å². The van der Waals surface area contributed by atoms with Gasteiger partial charge in [0.2, 0.25) is 0 Å². The van der Waals surface area contributed by atoms with Crippen molar-refractivity contribution in [1.82, 2.24) is 15.0 Å². The lowest BCUT2D eigenvalue weighted by Crippen LogP contribution is -2.04. The minimum atomic E-state index is -4.32. The van der Waals surface area contributed by atoms with Crippen LogP contribution in [-0.4, -0.2) is 15.0 Å². The molecule has 3 rings (SSSR count). The highest BCUT2D eigenvalue weighted by atomic mass is 19.4. The third kappa shape index (κ3) is 2.05. The van der Waals surface area contributed by atoms with E-state index in [1.54, 1.807) is 12.3 Å². The number of hydrogen-bond acceptors (Lipinski definition) is 2. The number of fused-ring (bicyclic) bond motifs is 1. The second kappa shape index (κ2) is 4.08. The third-order valence-electron chi connectivity index (χ3n) is 2.85. The zero-order valence-corrected chi connectivity index (χ0v) is 9.57. The molecule has 0 atom stereocenters. The fourth-order valence-corrected chi connectivity index (χ4v) is 1.93. The predicted octanol–water partition coefficient (Wildman–Crippen LogP) is 3.64. The number of aromatic nitrogens is 3. The van der Waals surface area contributed by atoms with Gasteiger partial charge in [-0.3, -0.25) is 0 Å². The molecule has 3 aromatic rings. The Bertz CT molecular complexity index is 714. The summed E-state index contributed by atoms with van der Waals surface area (Å²) in [5.41, 5.74) is 2.05. The van der Waals surface area contributed by atoms with Gasteiger partial charge in [0.05, 0.1) is 17.4 Å². The van der Waals surface area contributed by atoms with Crippen LogP contribution in [0.5, 0.6) is 0 Å². The molecule has 19 heavy (non-hydrogen) atoms. The van der Waals surface area contributed by atoms with Crippen molar-refractivity contribution < 1.29 is 13.2 Å². The molecule has 0 aliphatic carbocycles. The Morgan fingerprint density at radius 3 is 2.37 bits per heavy atom. The average Bonchev–Trinajstić information content (AvgIpc) is 2.86. The van der Waals surface area contributed by atoms with Crippen molar-refractivity contribution in [3.05, 3.63) is 48.4 Å². The van der Waals surface area contributed by atoms with Crippen molar-refractivity contribution in [2.75, 3.05) is 0 Å². The molecule has 0 bridgehead atoms. The van der Waals surface area contributed by atoms with Crippen LogP contribution in [0.1, 0.15) is 5.56 Å². The molecule has 6 heteroatoms. The number of benzene rings is 1. The van der Waals surface area contributed by atoms with Gasteiger partial charge in [-0.2, -0.15) is 13.2 Å². The Hall–Kier alpha value is -2.37. The van der Waals surface area contributed by atoms with Gasteiger partial charge < -0.3 is 4.98 Å². The summed E-state index contributed by atoms with van der Waals surface area (Å²) in [6.45, 7) is 0. The van der Waals surface area contributed by atoms with E-state index in [-0.39, 0.29) is 0 Å². The van der Waals surface area contributed by atoms with Crippen LogP contribution >= 0.6 is 0 Å². The summed E-state index contributed by atoms with van der Waals surface area (Å²) in [5, 5.41) is 0. The number of pyridine rings is 1. The van der Waals surface area contributed by atoms with Crippen molar-refractivity contribution >= 4 is 11.2 Å². The normalized spacial score (nSPS) is 11.9. The smallest absolute Gasteiger partial charge is 0.343 e. The van der Waals surface area contributed by atoms with E-state index in [0.717, 1.165) is 17.7 Å². The number of H-pyrrole nitrogens is 1. The zero-order chi connectivity index (χ0) is 13.5. The standard InChI is InChI=1S/C13H8F3N3/c14-13(15,16)9-3-1-8(2-4-9)10-5-6-17-12-11(10)18-7-19-12/h1-7H,(H,17,18,19). The minimum absolute atomic E-state index is 0.539. The maximum atomic E-state index is 12.5. The molecule has 1 aromatic carbocycles. The summed E-state index contributed by atoms with van der Waals surface area (Å²) >= 11 is 0. The first-order valence-corrected chi connectivity index (χ1v) is 5.51. The first kappa shape index (κ1) is 11.7. The van der Waals surface area contributed by atoms with Gasteiger partial charge in [0, 0.05) is 11.8 Å². The molecular formula is C13H8F3N3. The van der Waals surface area contributed by atoms with Crippen LogP contribution in [-0.2, 0) is 6.18 Å². The highest BCUT2D eigenvalue weighted by Crippen LogP contribution is 2.32. The van der Waals surface area contributed by atoms with Gasteiger partial charge in [-0.25, -0.2) is 9.97 Å². The fraction of sp³-hybridized carbons (Fsp3) is 0.0769. The number of halogens is 3. The van der Waals surface area contributed by atoms with Crippen LogP contribution in [0.3, 0.4) is 0 Å². The molecule has 0 spiro atoms. The van der Waals surface area contributed by atoms with Crippen LogP contribution < -0.4 is 0 Å². The predicted molar refractivity (Wildman–Crippen MR) is 64.3 cm³/mol. The summed E-state index contributed by atoms with van der Waals surface area (Å²) in [7, 11) is 0. The Balaban J connectivity index is 2.10. The molecule has 0 fully saturated rings. The van der Waals surface area contributed by atoms with Crippen molar-refractivity contribution in [2.24, 2.45) is 0 Å². The van der Waals surface area contributed by atoms with Crippen molar-refractivity contribution in [1.29, 1.82) is 0 Å². The molecule has 0 unspecified atom stereocenters. The Morgan fingerprint density at radius 1 is 0.947 bits per heavy atom. The molecule has 2 heterocycles. The largest absolute Gasteiger partial charge is 0.416 e. The highest BCUT2D eigenvalue weighted by molar-refractivity contribution is 5.89. The molecule has 2 aromatic heterocycles. The SMILES string of the molecule is FC(F)(F)c1ccc(-c2ccnc3nc[nH]c23)cc1. The van der Waals surface area contributed by atoms with Gasteiger partial charge in [0.15, 0.2) is 5.65 Å². The van der Waals surface area contributed by atoms with E-state index in [9.17, 15) is 13.2 Å². The molecule has 96 valence electrons. The Labute approximate surface area is 106 Å². The third-order valence-corrected chi connectivity index (χ3v) is 2.85. The Morgan fingerprint density at radius 2 is 1.68 bits per heavy atom. The summed E-state index contributed by atoms with van der Waals surface area (Å²) in [5.74, 6) is 0. The van der Waals surface area contributed by atoms with Gasteiger partial charge in [0.25, 0.3) is 0 Å². The van der Waals surface area contributed by atoms with E-state index in [1.807, 2.05) is 0 Å². The zero-order valence-electron chi connectivity index (χ0n) is 9.57. The van der Waals surface area contributed by atoms with Gasteiger partial charge in [-0.1, -0.05) is 12.1 Å². The molecule has 0 aliphatic heterocycles. The number of rotatable bonds is 1. The quantitative estimate of drug-likeness (QED) is 0.728. The Kier molecular flexibility index (Phi) is 2.51. The summed E-state index contributed by atoms with van der Waals surface area (Å²) in [6, 6.07) is 6.76. The van der Waals surface area contributed by atoms with E-state index in [0.29, 0.717) is 16.7 Å². The summed E-state index contributed by atoms with van der Waals surface area (Å²) in [6.07, 6.45) is -1.23. The van der Waals surface area contributed by atoms with Crippen LogP contribution in [0, 0.1) is 0 Å². The number of alkyl halides is 3. The molecule has 1 N–H and O–H groups in total. The van der Waals surface area contributed by atoms with E-state index in [2.05, 4.69) is 15.0 Å². The monoisotopic (exact) mass is 263 g/mol. The second-order valence-corrected chi connectivity index (χ2v) is 4.03. The van der Waals surface area contributed by atoms with E-state index >= 15 is 0 Å². The fourth-order valence-electron chi connectivity index (χ4n) is 1.93. The van der Waals surface area contributed by atoms with E-state index < -0.39 is 11.7 Å². The number of imidazole rings is 1. The van der Waals surface area contributed by atoms with E-state index in [4.69, 9.17) is 0 Å². The molecule has 0 saturated heterocycles. The van der Waals surface area contributed by atoms with E-state index in [1.165, 1.54) is 18.5 Å². The summed E-state index contributed by atoms with van der Waals surface area (Å²) < 4.78 is 37.5. The molecule has 0 amide bonds. The van der Waals surface area contributed by atoms with Crippen LogP contribution in [0.15, 0.2) is 42.9 Å². The van der Waals surface area contributed by atoms with Crippen molar-refractivity contribution in [3.63, 3.8) is 0 Å². The lowest BCUT2D eigenvalue weighted by atomic mass is 10.0. The second-order valence-electron chi connectivity index (χ2n) is 4.03. The van der Waals surface area contributed by atoms with Gasteiger partial charge in [0.1, 0.15) is 0 Å². The van der Waals surface area contributed by atoms with Crippen molar-refractivity contribution in [3.8, 4) is 11.1 Å². The van der Waals surface area contributed by atoms with Crippen LogP contribution in [0.2, 0.25) is 0 Å². The first-order chi connectivity index (χ1) is 9.05. The number of aromatic amines is 1. The molecule has 0 saturated carbocycles. The summed E-state index contributed by atoms with van der Waals surface area (Å²) in [4.78, 5) is 11.0. The first-order valence-electron chi connectivity index (χ1n) is 5.51. The van der Waals surface area contributed by atoms with Crippen molar-refractivity contribution in [2.45, 2.75) is 6.18 Å².